The molecule has 1 heterocycles. The fourth-order valence-electron chi connectivity index (χ4n) is 3.19. The molecule has 152 valence electrons. The number of para-hydroxylation sites is 2. The molecule has 1 aliphatic heterocycles. The summed E-state index contributed by atoms with van der Waals surface area (Å²) in [6.45, 7) is 2.13. The maximum atomic E-state index is 12.7. The zero-order valence-corrected chi connectivity index (χ0v) is 17.2. The highest BCUT2D eigenvalue weighted by molar-refractivity contribution is 5.99. The zero-order chi connectivity index (χ0) is 18.4. The first-order valence-corrected chi connectivity index (χ1v) is 8.84. The standard InChI is InChI=1S/C20H24N4O2.2ClH/c21-13-19(25)22-14-20(26)24-12-6-11-23(15-16-7-2-1-3-8-16)17-9-4-5-10-18(17)24;;/h1-5,7-10H,6,11-15,21H2,(H,22,25);2*1H. The van der Waals surface area contributed by atoms with Crippen LogP contribution in [0.5, 0.6) is 0 Å². The number of carbonyl (C=O) groups is 2. The normalized spacial score (nSPS) is 12.8. The number of amides is 2. The monoisotopic (exact) mass is 424 g/mol. The number of hydrogen-bond acceptors (Lipinski definition) is 4. The van der Waals surface area contributed by atoms with Crippen molar-refractivity contribution in [2.24, 2.45) is 5.73 Å². The Labute approximate surface area is 177 Å². The van der Waals surface area contributed by atoms with Gasteiger partial charge in [0.25, 0.3) is 0 Å². The molecule has 0 unspecified atom stereocenters. The lowest BCUT2D eigenvalue weighted by Crippen LogP contribution is -2.42. The molecule has 0 bridgehead atoms. The van der Waals surface area contributed by atoms with Crippen molar-refractivity contribution in [1.82, 2.24) is 5.32 Å². The topological polar surface area (TPSA) is 78.7 Å². The minimum atomic E-state index is -0.327. The Bertz CT molecular complexity index is 774. The van der Waals surface area contributed by atoms with Gasteiger partial charge in [-0.3, -0.25) is 9.59 Å². The molecule has 2 aromatic carbocycles. The Morgan fingerprint density at radius 2 is 1.57 bits per heavy atom. The lowest BCUT2D eigenvalue weighted by Gasteiger charge is -2.27. The molecule has 8 heteroatoms. The fraction of sp³-hybridized carbons (Fsp3) is 0.300. The number of fused-ring (bicyclic) bond motifs is 1. The highest BCUT2D eigenvalue weighted by atomic mass is 35.5. The number of nitrogens with one attached hydrogen (secondary N) is 1. The van der Waals surface area contributed by atoms with Crippen LogP contribution in [0.2, 0.25) is 0 Å². The molecule has 0 radical (unpaired) electrons. The van der Waals surface area contributed by atoms with Gasteiger partial charge < -0.3 is 20.9 Å². The summed E-state index contributed by atoms with van der Waals surface area (Å²) in [4.78, 5) is 28.1. The molecule has 2 aromatic rings. The smallest absolute Gasteiger partial charge is 0.246 e. The highest BCUT2D eigenvalue weighted by Crippen LogP contribution is 2.33. The number of carbonyl (C=O) groups excluding carboxylic acids is 2. The molecule has 3 rings (SSSR count). The Morgan fingerprint density at radius 1 is 0.929 bits per heavy atom. The number of halogens is 2. The van der Waals surface area contributed by atoms with Crippen LogP contribution in [0.15, 0.2) is 54.6 Å². The summed E-state index contributed by atoms with van der Waals surface area (Å²) < 4.78 is 0. The number of nitrogens with two attached hydrogens (primary N) is 1. The maximum absolute atomic E-state index is 12.7. The Hall–Kier alpha value is -2.28. The minimum Gasteiger partial charge on any atom is -0.365 e. The number of anilines is 2. The van der Waals surface area contributed by atoms with Crippen molar-refractivity contribution in [3.8, 4) is 0 Å². The summed E-state index contributed by atoms with van der Waals surface area (Å²) in [5.41, 5.74) is 8.44. The third-order valence-corrected chi connectivity index (χ3v) is 4.46. The van der Waals surface area contributed by atoms with Gasteiger partial charge in [0.15, 0.2) is 0 Å². The van der Waals surface area contributed by atoms with E-state index in [2.05, 4.69) is 22.3 Å². The zero-order valence-electron chi connectivity index (χ0n) is 15.5. The molecule has 28 heavy (non-hydrogen) atoms. The summed E-state index contributed by atoms with van der Waals surface area (Å²) in [7, 11) is 0. The summed E-state index contributed by atoms with van der Waals surface area (Å²) in [6, 6.07) is 18.2. The lowest BCUT2D eigenvalue weighted by molar-refractivity contribution is -0.124. The van der Waals surface area contributed by atoms with Gasteiger partial charge in [0.1, 0.15) is 0 Å². The van der Waals surface area contributed by atoms with Crippen molar-refractivity contribution in [3.05, 3.63) is 60.2 Å². The van der Waals surface area contributed by atoms with E-state index in [-0.39, 0.29) is 49.7 Å². The van der Waals surface area contributed by atoms with E-state index in [4.69, 9.17) is 5.73 Å². The maximum Gasteiger partial charge on any atom is 0.246 e. The van der Waals surface area contributed by atoms with Crippen molar-refractivity contribution in [2.45, 2.75) is 13.0 Å². The van der Waals surface area contributed by atoms with Crippen molar-refractivity contribution < 1.29 is 9.59 Å². The number of hydrogen-bond donors (Lipinski definition) is 2. The first-order chi connectivity index (χ1) is 12.7. The van der Waals surface area contributed by atoms with Crippen LogP contribution in [0.25, 0.3) is 0 Å². The third-order valence-electron chi connectivity index (χ3n) is 4.46. The van der Waals surface area contributed by atoms with E-state index in [0.717, 1.165) is 30.9 Å². The second kappa shape index (κ2) is 11.5. The molecule has 0 fully saturated rings. The fourth-order valence-corrected chi connectivity index (χ4v) is 3.19. The minimum absolute atomic E-state index is 0. The summed E-state index contributed by atoms with van der Waals surface area (Å²) in [6.07, 6.45) is 0.859. The largest absolute Gasteiger partial charge is 0.365 e. The first-order valence-electron chi connectivity index (χ1n) is 8.84. The number of benzene rings is 2. The SMILES string of the molecule is Cl.Cl.NCC(=O)NCC(=O)N1CCCN(Cc2ccccc2)c2ccccc21. The molecule has 2 amide bonds. The molecule has 0 spiro atoms. The van der Waals surface area contributed by atoms with Gasteiger partial charge in [-0.25, -0.2) is 0 Å². The van der Waals surface area contributed by atoms with Crippen molar-refractivity contribution in [2.75, 3.05) is 36.0 Å². The van der Waals surface area contributed by atoms with Crippen LogP contribution >= 0.6 is 24.8 Å². The van der Waals surface area contributed by atoms with Gasteiger partial charge in [0.2, 0.25) is 11.8 Å². The molecular weight excluding hydrogens is 399 g/mol. The molecule has 3 N–H and O–H groups in total. The molecule has 0 saturated heterocycles. The predicted octanol–water partition coefficient (Wildman–Crippen LogP) is 2.35. The van der Waals surface area contributed by atoms with Crippen molar-refractivity contribution in [3.63, 3.8) is 0 Å². The van der Waals surface area contributed by atoms with Crippen LogP contribution in [-0.4, -0.2) is 38.0 Å². The second-order valence-corrected chi connectivity index (χ2v) is 6.28. The Balaban J connectivity index is 0.00000196. The van der Waals surface area contributed by atoms with Crippen LogP contribution in [-0.2, 0) is 16.1 Å². The van der Waals surface area contributed by atoms with Gasteiger partial charge in [0, 0.05) is 19.6 Å². The molecule has 0 saturated carbocycles. The molecule has 6 nitrogen and oxygen atoms in total. The second-order valence-electron chi connectivity index (χ2n) is 6.28. The van der Waals surface area contributed by atoms with E-state index >= 15 is 0 Å². The van der Waals surface area contributed by atoms with Gasteiger partial charge in [-0.1, -0.05) is 42.5 Å². The summed E-state index contributed by atoms with van der Waals surface area (Å²) >= 11 is 0. The molecule has 1 aliphatic rings. The molecule has 0 aliphatic carbocycles. The van der Waals surface area contributed by atoms with Crippen LogP contribution in [0.1, 0.15) is 12.0 Å². The predicted molar refractivity (Wildman–Crippen MR) is 117 cm³/mol. The first kappa shape index (κ1) is 23.8. The number of nitrogens with zero attached hydrogens (tertiary/aromatic N) is 2. The summed E-state index contributed by atoms with van der Waals surface area (Å²) in [5.74, 6) is -0.451. The van der Waals surface area contributed by atoms with E-state index in [1.165, 1.54) is 5.56 Å². The lowest BCUT2D eigenvalue weighted by atomic mass is 10.1. The third kappa shape index (κ3) is 5.86. The van der Waals surface area contributed by atoms with Gasteiger partial charge in [-0.2, -0.15) is 0 Å². The Morgan fingerprint density at radius 3 is 2.25 bits per heavy atom. The van der Waals surface area contributed by atoms with Gasteiger partial charge in [-0.05, 0) is 24.1 Å². The van der Waals surface area contributed by atoms with Crippen molar-refractivity contribution in [1.29, 1.82) is 0 Å². The average Bonchev–Trinajstić information content (AvgIpc) is 2.86. The summed E-state index contributed by atoms with van der Waals surface area (Å²) in [5, 5.41) is 2.56. The van der Waals surface area contributed by atoms with Crippen LogP contribution in [0, 0.1) is 0 Å². The van der Waals surface area contributed by atoms with Crippen molar-refractivity contribution >= 4 is 48.0 Å². The Kier molecular flexibility index (Phi) is 9.79. The average molecular weight is 425 g/mol. The molecular formula is C20H26Cl2N4O2. The van der Waals surface area contributed by atoms with Gasteiger partial charge in [0.05, 0.1) is 24.5 Å². The molecule has 0 atom stereocenters. The van der Waals surface area contributed by atoms with E-state index in [1.807, 2.05) is 42.5 Å². The highest BCUT2D eigenvalue weighted by Gasteiger charge is 2.24. The quantitative estimate of drug-likeness (QED) is 0.771. The van der Waals surface area contributed by atoms with Gasteiger partial charge in [-0.15, -0.1) is 24.8 Å². The van der Waals surface area contributed by atoms with Crippen LogP contribution in [0.4, 0.5) is 11.4 Å². The number of rotatable bonds is 5. The van der Waals surface area contributed by atoms with Crippen LogP contribution < -0.4 is 20.9 Å². The van der Waals surface area contributed by atoms with E-state index < -0.39 is 0 Å². The van der Waals surface area contributed by atoms with E-state index in [0.29, 0.717) is 6.54 Å². The van der Waals surface area contributed by atoms with Gasteiger partial charge >= 0.3 is 0 Å². The van der Waals surface area contributed by atoms with E-state index in [1.54, 1.807) is 4.90 Å². The molecule has 0 aromatic heterocycles. The van der Waals surface area contributed by atoms with E-state index in [9.17, 15) is 9.59 Å². The van der Waals surface area contributed by atoms with Crippen LogP contribution in [0.3, 0.4) is 0 Å².